The zero-order chi connectivity index (χ0) is 14.5. The van der Waals surface area contributed by atoms with Gasteiger partial charge in [-0.25, -0.2) is 0 Å². The van der Waals surface area contributed by atoms with E-state index in [9.17, 15) is 0 Å². The standard InChI is InChI=1S/C16H17Cl2NO/c1-11(15-8-14(17)5-6-16(15)18)19-9-12-3-2-4-13(7-12)10-20/h2-8,11,19-20H,9-10H2,1H3. The van der Waals surface area contributed by atoms with Crippen LogP contribution in [0.3, 0.4) is 0 Å². The Hall–Kier alpha value is -1.06. The fourth-order valence-corrected chi connectivity index (χ4v) is 2.53. The van der Waals surface area contributed by atoms with E-state index in [1.165, 1.54) is 0 Å². The van der Waals surface area contributed by atoms with Gasteiger partial charge in [0.2, 0.25) is 0 Å². The minimum absolute atomic E-state index is 0.0590. The molecule has 20 heavy (non-hydrogen) atoms. The second-order valence-electron chi connectivity index (χ2n) is 4.75. The summed E-state index contributed by atoms with van der Waals surface area (Å²) in [5, 5.41) is 13.9. The molecule has 0 bridgehead atoms. The van der Waals surface area contributed by atoms with Crippen molar-refractivity contribution in [3.8, 4) is 0 Å². The quantitative estimate of drug-likeness (QED) is 0.861. The van der Waals surface area contributed by atoms with Crippen LogP contribution >= 0.6 is 23.2 Å². The van der Waals surface area contributed by atoms with E-state index in [0.29, 0.717) is 16.6 Å². The lowest BCUT2D eigenvalue weighted by Gasteiger charge is -2.16. The second-order valence-corrected chi connectivity index (χ2v) is 5.59. The van der Waals surface area contributed by atoms with Crippen LogP contribution in [0.2, 0.25) is 10.0 Å². The normalized spacial score (nSPS) is 12.4. The Morgan fingerprint density at radius 2 is 1.85 bits per heavy atom. The van der Waals surface area contributed by atoms with Crippen molar-refractivity contribution in [2.45, 2.75) is 26.1 Å². The summed E-state index contributed by atoms with van der Waals surface area (Å²) in [6.07, 6.45) is 0. The molecule has 106 valence electrons. The molecule has 0 saturated heterocycles. The highest BCUT2D eigenvalue weighted by Crippen LogP contribution is 2.26. The third kappa shape index (κ3) is 3.97. The molecule has 1 atom stereocenters. The first-order valence-corrected chi connectivity index (χ1v) is 7.22. The van der Waals surface area contributed by atoms with E-state index in [1.54, 1.807) is 6.07 Å². The number of hydrogen-bond donors (Lipinski definition) is 2. The van der Waals surface area contributed by atoms with Crippen molar-refractivity contribution < 1.29 is 5.11 Å². The van der Waals surface area contributed by atoms with Crippen LogP contribution in [0.25, 0.3) is 0 Å². The van der Waals surface area contributed by atoms with Crippen LogP contribution in [0.5, 0.6) is 0 Å². The van der Waals surface area contributed by atoms with Gasteiger partial charge >= 0.3 is 0 Å². The van der Waals surface area contributed by atoms with E-state index in [4.69, 9.17) is 28.3 Å². The van der Waals surface area contributed by atoms with Crippen LogP contribution in [0.1, 0.15) is 29.7 Å². The lowest BCUT2D eigenvalue weighted by molar-refractivity contribution is 0.281. The number of rotatable bonds is 5. The third-order valence-corrected chi connectivity index (χ3v) is 3.79. The summed E-state index contributed by atoms with van der Waals surface area (Å²) < 4.78 is 0. The number of hydrogen-bond acceptors (Lipinski definition) is 2. The summed E-state index contributed by atoms with van der Waals surface area (Å²) in [5.41, 5.74) is 3.02. The van der Waals surface area contributed by atoms with Gasteiger partial charge < -0.3 is 10.4 Å². The lowest BCUT2D eigenvalue weighted by Crippen LogP contribution is -2.18. The number of benzene rings is 2. The van der Waals surface area contributed by atoms with Gasteiger partial charge in [-0.3, -0.25) is 0 Å². The van der Waals surface area contributed by atoms with Gasteiger partial charge in [-0.05, 0) is 41.8 Å². The fourth-order valence-electron chi connectivity index (χ4n) is 2.07. The topological polar surface area (TPSA) is 32.3 Å². The summed E-state index contributed by atoms with van der Waals surface area (Å²) >= 11 is 12.2. The van der Waals surface area contributed by atoms with Gasteiger partial charge in [-0.2, -0.15) is 0 Å². The summed E-state index contributed by atoms with van der Waals surface area (Å²) in [5.74, 6) is 0. The van der Waals surface area contributed by atoms with Crippen molar-refractivity contribution in [3.63, 3.8) is 0 Å². The molecule has 1 unspecified atom stereocenters. The summed E-state index contributed by atoms with van der Waals surface area (Å²) in [6, 6.07) is 13.4. The van der Waals surface area contributed by atoms with Gasteiger partial charge in [0.15, 0.2) is 0 Å². The van der Waals surface area contributed by atoms with Crippen molar-refractivity contribution in [1.82, 2.24) is 5.32 Å². The van der Waals surface area contributed by atoms with Gasteiger partial charge in [0.25, 0.3) is 0 Å². The molecule has 2 N–H and O–H groups in total. The van der Waals surface area contributed by atoms with Gasteiger partial charge in [-0.1, -0.05) is 47.5 Å². The van der Waals surface area contributed by atoms with E-state index in [2.05, 4.69) is 5.32 Å². The first kappa shape index (κ1) is 15.3. The van der Waals surface area contributed by atoms with Crippen molar-refractivity contribution >= 4 is 23.2 Å². The molecule has 0 saturated carbocycles. The van der Waals surface area contributed by atoms with E-state index in [-0.39, 0.29) is 12.6 Å². The van der Waals surface area contributed by atoms with Crippen molar-refractivity contribution in [2.75, 3.05) is 0 Å². The first-order chi connectivity index (χ1) is 9.60. The Bertz CT molecular complexity index is 586. The predicted molar refractivity (Wildman–Crippen MR) is 84.1 cm³/mol. The molecule has 0 aliphatic carbocycles. The van der Waals surface area contributed by atoms with E-state index in [0.717, 1.165) is 16.7 Å². The number of aliphatic hydroxyl groups is 1. The number of nitrogens with one attached hydrogen (secondary N) is 1. The van der Waals surface area contributed by atoms with Gasteiger partial charge in [-0.15, -0.1) is 0 Å². The summed E-state index contributed by atoms with van der Waals surface area (Å²) in [6.45, 7) is 2.81. The van der Waals surface area contributed by atoms with Crippen molar-refractivity contribution in [2.24, 2.45) is 0 Å². The van der Waals surface area contributed by atoms with Crippen molar-refractivity contribution in [1.29, 1.82) is 0 Å². The van der Waals surface area contributed by atoms with E-state index in [1.807, 2.05) is 43.3 Å². The highest BCUT2D eigenvalue weighted by molar-refractivity contribution is 6.33. The SMILES string of the molecule is CC(NCc1cccc(CO)c1)c1cc(Cl)ccc1Cl. The minimum Gasteiger partial charge on any atom is -0.392 e. The smallest absolute Gasteiger partial charge is 0.0681 e. The predicted octanol–water partition coefficient (Wildman–Crippen LogP) is 4.34. The first-order valence-electron chi connectivity index (χ1n) is 6.47. The Morgan fingerprint density at radius 1 is 1.10 bits per heavy atom. The molecule has 0 aliphatic rings. The van der Waals surface area contributed by atoms with E-state index >= 15 is 0 Å². The Morgan fingerprint density at radius 3 is 2.60 bits per heavy atom. The lowest BCUT2D eigenvalue weighted by atomic mass is 10.1. The molecule has 0 spiro atoms. The molecule has 0 aromatic heterocycles. The largest absolute Gasteiger partial charge is 0.392 e. The second kappa shape index (κ2) is 7.09. The van der Waals surface area contributed by atoms with Gasteiger partial charge in [0.1, 0.15) is 0 Å². The molecule has 2 aromatic rings. The van der Waals surface area contributed by atoms with Crippen molar-refractivity contribution in [3.05, 3.63) is 69.2 Å². The molecule has 0 heterocycles. The molecule has 0 radical (unpaired) electrons. The Balaban J connectivity index is 2.04. The maximum absolute atomic E-state index is 9.13. The Labute approximate surface area is 129 Å². The molecule has 0 amide bonds. The highest BCUT2D eigenvalue weighted by atomic mass is 35.5. The van der Waals surface area contributed by atoms with Crippen LogP contribution < -0.4 is 5.32 Å². The van der Waals surface area contributed by atoms with Crippen LogP contribution in [0, 0.1) is 0 Å². The van der Waals surface area contributed by atoms with E-state index < -0.39 is 0 Å². The summed E-state index contributed by atoms with van der Waals surface area (Å²) in [4.78, 5) is 0. The molecule has 2 nitrogen and oxygen atoms in total. The number of halogens is 2. The van der Waals surface area contributed by atoms with Crippen LogP contribution in [-0.4, -0.2) is 5.11 Å². The monoisotopic (exact) mass is 309 g/mol. The Kier molecular flexibility index (Phi) is 5.44. The van der Waals surface area contributed by atoms with Crippen LogP contribution in [0.15, 0.2) is 42.5 Å². The maximum Gasteiger partial charge on any atom is 0.0681 e. The molecule has 0 fully saturated rings. The molecule has 0 aliphatic heterocycles. The average Bonchev–Trinajstić information content (AvgIpc) is 2.47. The highest BCUT2D eigenvalue weighted by Gasteiger charge is 2.10. The third-order valence-electron chi connectivity index (χ3n) is 3.21. The average molecular weight is 310 g/mol. The summed E-state index contributed by atoms with van der Waals surface area (Å²) in [7, 11) is 0. The molecular weight excluding hydrogens is 293 g/mol. The fraction of sp³-hybridized carbons (Fsp3) is 0.250. The zero-order valence-corrected chi connectivity index (χ0v) is 12.7. The maximum atomic E-state index is 9.13. The minimum atomic E-state index is 0.0590. The van der Waals surface area contributed by atoms with Gasteiger partial charge in [0.05, 0.1) is 6.61 Å². The molecule has 4 heteroatoms. The van der Waals surface area contributed by atoms with Crippen LogP contribution in [0.4, 0.5) is 0 Å². The molecular formula is C16H17Cl2NO. The van der Waals surface area contributed by atoms with Crippen LogP contribution in [-0.2, 0) is 13.2 Å². The molecule has 2 aromatic carbocycles. The number of aliphatic hydroxyl groups excluding tert-OH is 1. The molecule has 2 rings (SSSR count). The zero-order valence-electron chi connectivity index (χ0n) is 11.2. The van der Waals surface area contributed by atoms with Gasteiger partial charge in [0, 0.05) is 22.6 Å².